The van der Waals surface area contributed by atoms with Gasteiger partial charge in [-0.15, -0.1) is 0 Å². The lowest BCUT2D eigenvalue weighted by atomic mass is 10.0. The minimum Gasteiger partial charge on any atom is -0.755 e. The van der Waals surface area contributed by atoms with E-state index in [4.69, 9.17) is 27.9 Å². The summed E-state index contributed by atoms with van der Waals surface area (Å²) in [5.41, 5.74) is 2.29. The van der Waals surface area contributed by atoms with E-state index in [0.29, 0.717) is 30.6 Å². The highest BCUT2D eigenvalue weighted by molar-refractivity contribution is 7.77. The number of rotatable bonds is 7. The number of hydrogen-bond acceptors (Lipinski definition) is 5. The fourth-order valence-electron chi connectivity index (χ4n) is 4.00. The second-order valence-corrected chi connectivity index (χ2v) is 9.68. The number of benzene rings is 3. The normalized spacial score (nSPS) is 12.5. The third-order valence-corrected chi connectivity index (χ3v) is 6.61. The van der Waals surface area contributed by atoms with Gasteiger partial charge in [0.25, 0.3) is 0 Å². The molecule has 1 heterocycles. The van der Waals surface area contributed by atoms with Crippen LogP contribution in [0.25, 0.3) is 16.7 Å². The van der Waals surface area contributed by atoms with Gasteiger partial charge in [0, 0.05) is 23.4 Å². The van der Waals surface area contributed by atoms with Crippen molar-refractivity contribution in [2.24, 2.45) is 0 Å². The van der Waals surface area contributed by atoms with Crippen molar-refractivity contribution in [3.63, 3.8) is 0 Å². The average Bonchev–Trinajstić information content (AvgIpc) is 3.20. The van der Waals surface area contributed by atoms with Crippen LogP contribution in [0, 0.1) is 0 Å². The molecule has 1 unspecified atom stereocenters. The second-order valence-electron chi connectivity index (χ2n) is 8.20. The minimum atomic E-state index is -4.59. The number of aryl methyl sites for hydroxylation is 3. The standard InChI is InChI=1S/C25H20Cl2F3N3O4S/c1-2-23-31-20-12-17(25(28,29)30)18(26)13-21(20)33(23)16-5-3-4-14(10-16)6-7-15-8-9-22(19(27)11-15)37-24(34)32-38(35)36/h3-5,8-13H,2,6-7H2,1H3,(H,32,34)(H,35,36)/p-1. The molecule has 0 spiro atoms. The van der Waals surface area contributed by atoms with E-state index in [1.54, 1.807) is 21.4 Å². The molecule has 0 radical (unpaired) electrons. The molecule has 0 bridgehead atoms. The number of carbonyl (C=O) groups excluding carboxylic acids is 1. The zero-order chi connectivity index (χ0) is 27.6. The summed E-state index contributed by atoms with van der Waals surface area (Å²) >= 11 is 9.36. The molecule has 0 fully saturated rings. The second kappa shape index (κ2) is 11.3. The third kappa shape index (κ3) is 6.29. The number of aromatic nitrogens is 2. The first-order valence-electron chi connectivity index (χ1n) is 11.2. The molecule has 4 aromatic rings. The molecule has 0 aliphatic rings. The molecule has 1 aromatic heterocycles. The predicted molar refractivity (Wildman–Crippen MR) is 137 cm³/mol. The maximum atomic E-state index is 13.3. The number of carbonyl (C=O) groups is 1. The minimum absolute atomic E-state index is 0.00628. The number of fused-ring (bicyclic) bond motifs is 1. The van der Waals surface area contributed by atoms with Crippen LogP contribution in [0.5, 0.6) is 5.75 Å². The molecule has 1 atom stereocenters. The van der Waals surface area contributed by atoms with Crippen molar-refractivity contribution in [3.8, 4) is 11.4 Å². The summed E-state index contributed by atoms with van der Waals surface area (Å²) in [6.45, 7) is 1.87. The van der Waals surface area contributed by atoms with Crippen molar-refractivity contribution < 1.29 is 31.5 Å². The van der Waals surface area contributed by atoms with Crippen molar-refractivity contribution >= 4 is 51.6 Å². The van der Waals surface area contributed by atoms with Crippen molar-refractivity contribution in [2.45, 2.75) is 32.4 Å². The predicted octanol–water partition coefficient (Wildman–Crippen LogP) is 6.58. The summed E-state index contributed by atoms with van der Waals surface area (Å²) in [7, 11) is 0. The Morgan fingerprint density at radius 3 is 2.42 bits per heavy atom. The molecule has 0 saturated heterocycles. The maximum Gasteiger partial charge on any atom is 0.423 e. The number of hydrogen-bond donors (Lipinski definition) is 1. The van der Waals surface area contributed by atoms with E-state index in [2.05, 4.69) is 4.98 Å². The summed E-state index contributed by atoms with van der Waals surface area (Å²) in [6, 6.07) is 14.6. The Hall–Kier alpha value is -3.12. The molecule has 4 rings (SSSR count). The Kier molecular flexibility index (Phi) is 8.31. The van der Waals surface area contributed by atoms with Crippen LogP contribution in [0.4, 0.5) is 18.0 Å². The zero-order valence-corrected chi connectivity index (χ0v) is 22.0. The average molecular weight is 585 g/mol. The van der Waals surface area contributed by atoms with E-state index < -0.39 is 34.1 Å². The monoisotopic (exact) mass is 584 g/mol. The summed E-state index contributed by atoms with van der Waals surface area (Å²) in [5.74, 6) is 0.603. The Morgan fingerprint density at radius 2 is 1.79 bits per heavy atom. The van der Waals surface area contributed by atoms with Crippen LogP contribution in [0.1, 0.15) is 29.4 Å². The van der Waals surface area contributed by atoms with Gasteiger partial charge < -0.3 is 9.29 Å². The Labute approximate surface area is 227 Å². The highest BCUT2D eigenvalue weighted by atomic mass is 35.5. The topological polar surface area (TPSA) is 96.3 Å². The first-order valence-corrected chi connectivity index (χ1v) is 13.0. The molecule has 1 N–H and O–H groups in total. The molecule has 38 heavy (non-hydrogen) atoms. The number of alkyl halides is 3. The van der Waals surface area contributed by atoms with Gasteiger partial charge in [-0.1, -0.05) is 48.3 Å². The van der Waals surface area contributed by atoms with Crippen LogP contribution in [0.3, 0.4) is 0 Å². The maximum absolute atomic E-state index is 13.3. The quantitative estimate of drug-likeness (QED) is 0.247. The highest BCUT2D eigenvalue weighted by Gasteiger charge is 2.34. The van der Waals surface area contributed by atoms with Gasteiger partial charge in [0.2, 0.25) is 0 Å². The van der Waals surface area contributed by atoms with Gasteiger partial charge in [0.15, 0.2) is 5.75 Å². The van der Waals surface area contributed by atoms with E-state index in [1.165, 1.54) is 12.1 Å². The molecule has 3 aromatic carbocycles. The van der Waals surface area contributed by atoms with Crippen LogP contribution < -0.4 is 9.46 Å². The summed E-state index contributed by atoms with van der Waals surface area (Å²) in [6.07, 6.45) is -4.09. The lowest BCUT2D eigenvalue weighted by Crippen LogP contribution is -2.28. The fraction of sp³-hybridized carbons (Fsp3) is 0.200. The van der Waals surface area contributed by atoms with Crippen molar-refractivity contribution in [1.82, 2.24) is 14.3 Å². The van der Waals surface area contributed by atoms with Crippen molar-refractivity contribution in [3.05, 3.63) is 87.2 Å². The Bertz CT molecular complexity index is 1540. The summed E-state index contributed by atoms with van der Waals surface area (Å²) in [4.78, 5) is 15.9. The number of amides is 1. The number of halogens is 5. The van der Waals surface area contributed by atoms with Gasteiger partial charge in [0.05, 0.1) is 26.6 Å². The van der Waals surface area contributed by atoms with E-state index in [0.717, 1.165) is 22.9 Å². The summed E-state index contributed by atoms with van der Waals surface area (Å²) < 4.78 is 69.3. The SMILES string of the molecule is CCc1nc2cc(C(F)(F)F)c(Cl)cc2n1-c1cccc(CCc2ccc(OC(=O)NS(=O)[O-])c(Cl)c2)c1. The number of ether oxygens (including phenoxy) is 1. The van der Waals surface area contributed by atoms with Gasteiger partial charge in [-0.2, -0.15) is 13.2 Å². The molecular formula is C25H19Cl2F3N3O4S-. The van der Waals surface area contributed by atoms with Gasteiger partial charge in [-0.05, 0) is 60.4 Å². The molecule has 1 amide bonds. The van der Waals surface area contributed by atoms with E-state index in [-0.39, 0.29) is 16.3 Å². The lowest BCUT2D eigenvalue weighted by Gasteiger charge is -2.12. The lowest BCUT2D eigenvalue weighted by molar-refractivity contribution is -0.137. The van der Waals surface area contributed by atoms with Crippen molar-refractivity contribution in [1.29, 1.82) is 0 Å². The Balaban J connectivity index is 1.57. The van der Waals surface area contributed by atoms with Crippen LogP contribution >= 0.6 is 23.2 Å². The first-order chi connectivity index (χ1) is 18.0. The van der Waals surface area contributed by atoms with Crippen LogP contribution in [0.2, 0.25) is 10.0 Å². The van der Waals surface area contributed by atoms with E-state index >= 15 is 0 Å². The molecular weight excluding hydrogens is 566 g/mol. The molecule has 0 aliphatic carbocycles. The number of nitrogens with one attached hydrogen (secondary N) is 1. The van der Waals surface area contributed by atoms with E-state index in [9.17, 15) is 26.7 Å². The van der Waals surface area contributed by atoms with Crippen molar-refractivity contribution in [2.75, 3.05) is 0 Å². The third-order valence-electron chi connectivity index (χ3n) is 5.67. The van der Waals surface area contributed by atoms with Crippen LogP contribution in [-0.4, -0.2) is 24.4 Å². The molecule has 0 saturated carbocycles. The van der Waals surface area contributed by atoms with E-state index in [1.807, 2.05) is 31.2 Å². The van der Waals surface area contributed by atoms with Crippen LogP contribution in [-0.2, 0) is 36.7 Å². The van der Waals surface area contributed by atoms with Gasteiger partial charge in [-0.3, -0.25) is 13.5 Å². The molecule has 200 valence electrons. The Morgan fingerprint density at radius 1 is 1.08 bits per heavy atom. The highest BCUT2D eigenvalue weighted by Crippen LogP contribution is 2.38. The van der Waals surface area contributed by atoms with Gasteiger partial charge >= 0.3 is 12.3 Å². The summed E-state index contributed by atoms with van der Waals surface area (Å²) in [5, 5.41) is -0.260. The zero-order valence-electron chi connectivity index (χ0n) is 19.6. The first kappa shape index (κ1) is 27.9. The molecule has 0 aliphatic heterocycles. The molecule has 13 heteroatoms. The fourth-order valence-corrected chi connectivity index (χ4v) is 4.69. The molecule has 7 nitrogen and oxygen atoms in total. The van der Waals surface area contributed by atoms with Gasteiger partial charge in [0.1, 0.15) is 5.82 Å². The largest absolute Gasteiger partial charge is 0.755 e. The number of imidazole rings is 1. The smallest absolute Gasteiger partial charge is 0.423 e. The number of nitrogens with zero attached hydrogens (tertiary/aromatic N) is 2. The van der Waals surface area contributed by atoms with Crippen LogP contribution in [0.15, 0.2) is 54.6 Å². The van der Waals surface area contributed by atoms with Gasteiger partial charge in [-0.25, -0.2) is 9.78 Å².